The zero-order valence-corrected chi connectivity index (χ0v) is 10.8. The van der Waals surface area contributed by atoms with Crippen molar-refractivity contribution in [2.45, 2.75) is 31.2 Å². The van der Waals surface area contributed by atoms with Crippen LogP contribution < -0.4 is 4.90 Å². The van der Waals surface area contributed by atoms with Crippen molar-refractivity contribution in [1.29, 1.82) is 0 Å². The topological polar surface area (TPSA) is 32.3 Å². The molecule has 18 heavy (non-hydrogen) atoms. The van der Waals surface area contributed by atoms with E-state index in [9.17, 15) is 0 Å². The molecular weight excluding hydrogens is 224 g/mol. The second-order valence-electron chi connectivity index (χ2n) is 6.13. The van der Waals surface area contributed by atoms with Crippen molar-refractivity contribution in [2.75, 3.05) is 31.1 Å². The van der Waals surface area contributed by atoms with E-state index in [2.05, 4.69) is 19.8 Å². The summed E-state index contributed by atoms with van der Waals surface area (Å²) in [5, 5.41) is 0. The Labute approximate surface area is 108 Å². The molecule has 1 spiro atoms. The van der Waals surface area contributed by atoms with Gasteiger partial charge in [-0.05, 0) is 44.7 Å². The molecule has 96 valence electrons. The van der Waals surface area contributed by atoms with E-state index in [1.807, 2.05) is 12.4 Å². The largest absolute Gasteiger partial charge is 0.367 e. The minimum atomic E-state index is 0.469. The zero-order chi connectivity index (χ0) is 12.0. The van der Waals surface area contributed by atoms with Crippen molar-refractivity contribution in [1.82, 2.24) is 14.9 Å². The highest BCUT2D eigenvalue weighted by molar-refractivity contribution is 5.44. The molecule has 4 aliphatic rings. The summed E-state index contributed by atoms with van der Waals surface area (Å²) < 4.78 is 0. The number of hydrogen-bond acceptors (Lipinski definition) is 4. The zero-order valence-electron chi connectivity index (χ0n) is 10.8. The van der Waals surface area contributed by atoms with Crippen LogP contribution in [0.2, 0.25) is 0 Å². The summed E-state index contributed by atoms with van der Waals surface area (Å²) in [7, 11) is 0. The van der Waals surface area contributed by atoms with Gasteiger partial charge in [0.2, 0.25) is 0 Å². The second-order valence-corrected chi connectivity index (χ2v) is 6.13. The molecule has 0 amide bonds. The van der Waals surface area contributed by atoms with Crippen LogP contribution in [-0.4, -0.2) is 46.6 Å². The van der Waals surface area contributed by atoms with Gasteiger partial charge < -0.3 is 4.90 Å². The maximum Gasteiger partial charge on any atom is 0.115 e. The van der Waals surface area contributed by atoms with Crippen LogP contribution in [0.25, 0.3) is 0 Å². The third-order valence-electron chi connectivity index (χ3n) is 5.20. The van der Waals surface area contributed by atoms with E-state index >= 15 is 0 Å². The molecule has 1 aromatic rings. The number of anilines is 1. The first-order valence-corrected chi connectivity index (χ1v) is 7.11. The molecule has 2 bridgehead atoms. The van der Waals surface area contributed by atoms with E-state index in [0.717, 1.165) is 12.5 Å². The predicted octanol–water partition coefficient (Wildman–Crippen LogP) is 1.54. The molecular formula is C14H20N4. The lowest BCUT2D eigenvalue weighted by molar-refractivity contribution is -0.0157. The molecule has 0 aliphatic carbocycles. The number of piperidine rings is 3. The average Bonchev–Trinajstić information content (AvgIpc) is 2.85. The Morgan fingerprint density at radius 3 is 2.56 bits per heavy atom. The average molecular weight is 244 g/mol. The summed E-state index contributed by atoms with van der Waals surface area (Å²) in [6.07, 6.45) is 11.1. The molecule has 1 aromatic heterocycles. The van der Waals surface area contributed by atoms with Gasteiger partial charge in [0.25, 0.3) is 0 Å². The maximum absolute atomic E-state index is 4.14. The van der Waals surface area contributed by atoms with Crippen molar-refractivity contribution >= 4 is 5.69 Å². The molecule has 4 nitrogen and oxygen atoms in total. The third kappa shape index (κ3) is 1.55. The normalized spacial score (nSPS) is 38.6. The third-order valence-corrected chi connectivity index (χ3v) is 5.20. The Morgan fingerprint density at radius 1 is 1.11 bits per heavy atom. The van der Waals surface area contributed by atoms with Gasteiger partial charge in [-0.3, -0.25) is 4.90 Å². The lowest BCUT2D eigenvalue weighted by atomic mass is 9.74. The number of nitrogens with zero attached hydrogens (tertiary/aromatic N) is 4. The Kier molecular flexibility index (Phi) is 2.34. The smallest absolute Gasteiger partial charge is 0.115 e. The summed E-state index contributed by atoms with van der Waals surface area (Å²) in [5.74, 6) is 0.988. The highest BCUT2D eigenvalue weighted by Gasteiger charge is 2.49. The van der Waals surface area contributed by atoms with Gasteiger partial charge in [-0.15, -0.1) is 0 Å². The Balaban J connectivity index is 1.57. The van der Waals surface area contributed by atoms with E-state index in [4.69, 9.17) is 0 Å². The van der Waals surface area contributed by atoms with Crippen LogP contribution in [0.15, 0.2) is 18.7 Å². The van der Waals surface area contributed by atoms with Crippen LogP contribution in [0.4, 0.5) is 5.69 Å². The lowest BCUT2D eigenvalue weighted by Crippen LogP contribution is -2.59. The summed E-state index contributed by atoms with van der Waals surface area (Å²) in [6.45, 7) is 4.99. The van der Waals surface area contributed by atoms with Gasteiger partial charge in [0.1, 0.15) is 6.33 Å². The Hall–Kier alpha value is -1.16. The molecule has 1 unspecified atom stereocenters. The first kappa shape index (κ1) is 10.7. The number of aromatic nitrogens is 2. The molecule has 0 saturated carbocycles. The van der Waals surface area contributed by atoms with Gasteiger partial charge >= 0.3 is 0 Å². The molecule has 0 N–H and O–H groups in total. The van der Waals surface area contributed by atoms with Gasteiger partial charge in [0.05, 0.1) is 18.1 Å². The Bertz CT molecular complexity index is 427. The molecule has 4 fully saturated rings. The van der Waals surface area contributed by atoms with Crippen molar-refractivity contribution in [3.8, 4) is 0 Å². The minimum Gasteiger partial charge on any atom is -0.367 e. The van der Waals surface area contributed by atoms with E-state index in [1.165, 1.54) is 51.0 Å². The predicted molar refractivity (Wildman–Crippen MR) is 70.5 cm³/mol. The molecule has 4 aliphatic heterocycles. The standard InChI is InChI=1S/C14H20N4/c1-4-18-5-2-12(1)7-14(18)3-6-17(10-14)13-8-15-11-16-9-13/h8-9,11-12H,1-7,10H2. The minimum absolute atomic E-state index is 0.469. The van der Waals surface area contributed by atoms with Gasteiger partial charge in [0, 0.05) is 18.6 Å². The molecule has 0 radical (unpaired) electrons. The van der Waals surface area contributed by atoms with Crippen LogP contribution in [-0.2, 0) is 0 Å². The second kappa shape index (κ2) is 3.92. The lowest BCUT2D eigenvalue weighted by Gasteiger charge is -2.52. The van der Waals surface area contributed by atoms with Crippen molar-refractivity contribution in [2.24, 2.45) is 5.92 Å². The number of hydrogen-bond donors (Lipinski definition) is 0. The van der Waals surface area contributed by atoms with Crippen LogP contribution in [0.5, 0.6) is 0 Å². The van der Waals surface area contributed by atoms with Crippen LogP contribution in [0, 0.1) is 5.92 Å². The van der Waals surface area contributed by atoms with Crippen molar-refractivity contribution < 1.29 is 0 Å². The molecule has 4 heteroatoms. The summed E-state index contributed by atoms with van der Waals surface area (Å²) in [5.41, 5.74) is 1.66. The first-order valence-electron chi connectivity index (χ1n) is 7.11. The summed E-state index contributed by atoms with van der Waals surface area (Å²) in [6, 6.07) is 0. The number of rotatable bonds is 1. The van der Waals surface area contributed by atoms with E-state index in [0.29, 0.717) is 5.54 Å². The number of fused-ring (bicyclic) bond motifs is 2. The first-order chi connectivity index (χ1) is 8.86. The summed E-state index contributed by atoms with van der Waals surface area (Å²) >= 11 is 0. The maximum atomic E-state index is 4.14. The molecule has 5 heterocycles. The van der Waals surface area contributed by atoms with Crippen LogP contribution >= 0.6 is 0 Å². The summed E-state index contributed by atoms with van der Waals surface area (Å²) in [4.78, 5) is 13.5. The van der Waals surface area contributed by atoms with E-state index < -0.39 is 0 Å². The van der Waals surface area contributed by atoms with Crippen LogP contribution in [0.1, 0.15) is 25.7 Å². The van der Waals surface area contributed by atoms with Gasteiger partial charge in [0.15, 0.2) is 0 Å². The van der Waals surface area contributed by atoms with E-state index in [-0.39, 0.29) is 0 Å². The molecule has 0 aromatic carbocycles. The highest BCUT2D eigenvalue weighted by atomic mass is 15.3. The molecule has 1 atom stereocenters. The fourth-order valence-electron chi connectivity index (χ4n) is 4.23. The highest BCUT2D eigenvalue weighted by Crippen LogP contribution is 2.44. The van der Waals surface area contributed by atoms with E-state index in [1.54, 1.807) is 6.33 Å². The molecule has 4 saturated heterocycles. The monoisotopic (exact) mass is 244 g/mol. The fourth-order valence-corrected chi connectivity index (χ4v) is 4.23. The van der Waals surface area contributed by atoms with Gasteiger partial charge in [-0.2, -0.15) is 0 Å². The van der Waals surface area contributed by atoms with Crippen molar-refractivity contribution in [3.05, 3.63) is 18.7 Å². The SMILES string of the molecule is c1ncc(N2CCC3(CC4CCN3CC4)C2)cn1. The van der Waals surface area contributed by atoms with Gasteiger partial charge in [-0.25, -0.2) is 9.97 Å². The fraction of sp³-hybridized carbons (Fsp3) is 0.714. The Morgan fingerprint density at radius 2 is 1.89 bits per heavy atom. The van der Waals surface area contributed by atoms with Crippen molar-refractivity contribution in [3.63, 3.8) is 0 Å². The molecule has 5 rings (SSSR count). The van der Waals surface area contributed by atoms with Crippen LogP contribution in [0.3, 0.4) is 0 Å². The quantitative estimate of drug-likeness (QED) is 0.750. The van der Waals surface area contributed by atoms with Gasteiger partial charge in [-0.1, -0.05) is 0 Å².